The number of rotatable bonds is 9. The van der Waals surface area contributed by atoms with Crippen molar-refractivity contribution in [2.24, 2.45) is 5.92 Å². The molecule has 0 spiro atoms. The van der Waals surface area contributed by atoms with Crippen molar-refractivity contribution in [3.8, 4) is 0 Å². The number of ether oxygens (including phenoxy) is 1. The fraction of sp³-hybridized carbons (Fsp3) is 0.650. The fourth-order valence-corrected chi connectivity index (χ4v) is 5.33. The molecule has 1 fully saturated rings. The van der Waals surface area contributed by atoms with Gasteiger partial charge < -0.3 is 10.1 Å². The first-order chi connectivity index (χ1) is 14.5. The highest BCUT2D eigenvalue weighted by atomic mass is 35.5. The summed E-state index contributed by atoms with van der Waals surface area (Å²) < 4.78 is 71.6. The Hall–Kier alpha value is -1.36. The second-order valence-corrected chi connectivity index (χ2v) is 10.1. The third kappa shape index (κ3) is 7.06. The van der Waals surface area contributed by atoms with Crippen LogP contribution in [0.3, 0.4) is 0 Å². The molecule has 2 atom stereocenters. The first-order valence-corrected chi connectivity index (χ1v) is 11.9. The van der Waals surface area contributed by atoms with E-state index in [4.69, 9.17) is 16.3 Å². The Morgan fingerprint density at radius 3 is 2.58 bits per heavy atom. The van der Waals surface area contributed by atoms with Crippen LogP contribution in [0.1, 0.15) is 44.6 Å². The molecule has 1 aromatic rings. The van der Waals surface area contributed by atoms with Gasteiger partial charge in [-0.2, -0.15) is 17.5 Å². The molecule has 1 aliphatic carbocycles. The number of hydrogen-bond acceptors (Lipinski definition) is 4. The first kappa shape index (κ1) is 25.9. The molecule has 0 heterocycles. The zero-order chi connectivity index (χ0) is 23.2. The molecule has 11 heteroatoms. The van der Waals surface area contributed by atoms with Gasteiger partial charge in [0.05, 0.1) is 22.0 Å². The Kier molecular flexibility index (Phi) is 9.17. The van der Waals surface area contributed by atoms with Crippen LogP contribution in [0, 0.1) is 5.92 Å². The van der Waals surface area contributed by atoms with Crippen molar-refractivity contribution in [1.29, 1.82) is 0 Å². The van der Waals surface area contributed by atoms with Crippen LogP contribution < -0.4 is 5.32 Å². The van der Waals surface area contributed by atoms with E-state index in [1.54, 1.807) is 0 Å². The highest BCUT2D eigenvalue weighted by molar-refractivity contribution is 7.89. The smallest absolute Gasteiger partial charge is 0.385 e. The summed E-state index contributed by atoms with van der Waals surface area (Å²) >= 11 is 5.61. The van der Waals surface area contributed by atoms with Gasteiger partial charge in [0.2, 0.25) is 15.9 Å². The van der Waals surface area contributed by atoms with Crippen molar-refractivity contribution in [1.82, 2.24) is 9.62 Å². The number of carbonyl (C=O) groups is 1. The molecule has 176 valence electrons. The van der Waals surface area contributed by atoms with E-state index in [1.807, 2.05) is 6.92 Å². The molecule has 0 radical (unpaired) electrons. The summed E-state index contributed by atoms with van der Waals surface area (Å²) in [6.45, 7) is 1.71. The third-order valence-electron chi connectivity index (χ3n) is 5.41. The lowest BCUT2D eigenvalue weighted by molar-refractivity contribution is -0.137. The number of alkyl halides is 3. The normalized spacial score (nSPS) is 20.1. The molecule has 2 rings (SSSR count). The van der Waals surface area contributed by atoms with Crippen LogP contribution in [0.25, 0.3) is 0 Å². The van der Waals surface area contributed by atoms with Gasteiger partial charge in [-0.05, 0) is 43.4 Å². The average molecular weight is 485 g/mol. The summed E-state index contributed by atoms with van der Waals surface area (Å²) in [6, 6.07) is 2.37. The number of halogens is 4. The third-order valence-corrected chi connectivity index (χ3v) is 7.59. The number of sulfonamides is 1. The highest BCUT2D eigenvalue weighted by Crippen LogP contribution is 2.36. The zero-order valence-corrected chi connectivity index (χ0v) is 19.1. The first-order valence-electron chi connectivity index (χ1n) is 10.1. The topological polar surface area (TPSA) is 75.7 Å². The molecule has 1 aliphatic rings. The molecule has 2 unspecified atom stereocenters. The van der Waals surface area contributed by atoms with Gasteiger partial charge in [-0.15, -0.1) is 0 Å². The summed E-state index contributed by atoms with van der Waals surface area (Å²) in [5.41, 5.74) is -1.24. The Labute approximate surface area is 186 Å². The van der Waals surface area contributed by atoms with Crippen molar-refractivity contribution in [3.63, 3.8) is 0 Å². The van der Waals surface area contributed by atoms with Crippen molar-refractivity contribution in [2.45, 2.75) is 56.1 Å². The largest absolute Gasteiger partial charge is 0.417 e. The lowest BCUT2D eigenvalue weighted by atomic mass is 9.86. The summed E-state index contributed by atoms with van der Waals surface area (Å²) in [7, 11) is -2.92. The maximum Gasteiger partial charge on any atom is 0.417 e. The number of hydrogen-bond donors (Lipinski definition) is 1. The molecule has 0 saturated heterocycles. The lowest BCUT2D eigenvalue weighted by Gasteiger charge is -2.30. The second-order valence-electron chi connectivity index (χ2n) is 7.76. The maximum atomic E-state index is 13.2. The minimum Gasteiger partial charge on any atom is -0.385 e. The van der Waals surface area contributed by atoms with E-state index >= 15 is 0 Å². The van der Waals surface area contributed by atoms with Gasteiger partial charge in [0.1, 0.15) is 0 Å². The summed E-state index contributed by atoms with van der Waals surface area (Å²) in [5.74, 6) is -0.202. The minimum absolute atomic E-state index is 0.0443. The van der Waals surface area contributed by atoms with Gasteiger partial charge in [0.15, 0.2) is 0 Å². The second kappa shape index (κ2) is 11.0. The summed E-state index contributed by atoms with van der Waals surface area (Å²) in [5, 5.41) is 2.28. The van der Waals surface area contributed by atoms with E-state index in [0.29, 0.717) is 6.07 Å². The Morgan fingerprint density at radius 2 is 1.97 bits per heavy atom. The van der Waals surface area contributed by atoms with E-state index in [9.17, 15) is 26.4 Å². The maximum absolute atomic E-state index is 13.2. The SMILES string of the molecule is COCCCN(CC(=O)NC1CCCCC1C)S(=O)(=O)c1ccc(Cl)c(C(F)(F)F)c1. The van der Waals surface area contributed by atoms with Gasteiger partial charge in [-0.25, -0.2) is 8.42 Å². The number of methoxy groups -OCH3 is 1. The van der Waals surface area contributed by atoms with Crippen LogP contribution in [0.4, 0.5) is 13.2 Å². The zero-order valence-electron chi connectivity index (χ0n) is 17.5. The number of carbonyl (C=O) groups excluding carboxylic acids is 1. The van der Waals surface area contributed by atoms with E-state index in [2.05, 4.69) is 5.32 Å². The summed E-state index contributed by atoms with van der Waals surface area (Å²) in [6.07, 6.45) is -0.666. The van der Waals surface area contributed by atoms with Crippen molar-refractivity contribution in [2.75, 3.05) is 26.8 Å². The molecule has 1 aromatic carbocycles. The van der Waals surface area contributed by atoms with Crippen LogP contribution >= 0.6 is 11.6 Å². The minimum atomic E-state index is -4.81. The molecule has 1 N–H and O–H groups in total. The summed E-state index contributed by atoms with van der Waals surface area (Å²) in [4.78, 5) is 12.0. The van der Waals surface area contributed by atoms with E-state index in [-0.39, 0.29) is 31.5 Å². The Balaban J connectivity index is 2.25. The fourth-order valence-electron chi connectivity index (χ4n) is 3.64. The van der Waals surface area contributed by atoms with Crippen LogP contribution in [0.15, 0.2) is 23.1 Å². The van der Waals surface area contributed by atoms with E-state index < -0.39 is 44.1 Å². The van der Waals surface area contributed by atoms with Gasteiger partial charge >= 0.3 is 6.18 Å². The molecule has 1 amide bonds. The van der Waals surface area contributed by atoms with Gasteiger partial charge in [0, 0.05) is 26.3 Å². The molecule has 6 nitrogen and oxygen atoms in total. The standard InChI is InChI=1S/C20H28ClF3N2O4S/c1-14-6-3-4-7-18(14)25-19(27)13-26(10-5-11-30-2)31(28,29)15-8-9-17(21)16(12-15)20(22,23)24/h8-9,12,14,18H,3-7,10-11,13H2,1-2H3,(H,25,27). The van der Waals surface area contributed by atoms with Crippen LogP contribution in [0.5, 0.6) is 0 Å². The van der Waals surface area contributed by atoms with Crippen molar-refractivity contribution in [3.05, 3.63) is 28.8 Å². The molecule has 0 aliphatic heterocycles. The van der Waals surface area contributed by atoms with Gasteiger partial charge in [-0.1, -0.05) is 31.4 Å². The number of benzene rings is 1. The predicted octanol–water partition coefficient (Wildman–Crippen LogP) is 4.08. The monoisotopic (exact) mass is 484 g/mol. The highest BCUT2D eigenvalue weighted by Gasteiger charge is 2.36. The Bertz CT molecular complexity index is 864. The van der Waals surface area contributed by atoms with Crippen LogP contribution in [0.2, 0.25) is 5.02 Å². The van der Waals surface area contributed by atoms with Gasteiger partial charge in [-0.3, -0.25) is 4.79 Å². The van der Waals surface area contributed by atoms with Crippen molar-refractivity contribution < 1.29 is 31.1 Å². The molecule has 31 heavy (non-hydrogen) atoms. The molecule has 0 aromatic heterocycles. The molecule has 1 saturated carbocycles. The average Bonchev–Trinajstić information content (AvgIpc) is 2.68. The van der Waals surface area contributed by atoms with E-state index in [1.165, 1.54) is 7.11 Å². The number of amides is 1. The predicted molar refractivity (Wildman–Crippen MR) is 111 cm³/mol. The lowest BCUT2D eigenvalue weighted by Crippen LogP contribution is -2.47. The molecule has 0 bridgehead atoms. The van der Waals surface area contributed by atoms with Gasteiger partial charge in [0.25, 0.3) is 0 Å². The molecular formula is C20H28ClF3N2O4S. The Morgan fingerprint density at radius 1 is 1.29 bits per heavy atom. The number of nitrogens with zero attached hydrogens (tertiary/aromatic N) is 1. The van der Waals surface area contributed by atoms with E-state index in [0.717, 1.165) is 42.1 Å². The van der Waals surface area contributed by atoms with Crippen LogP contribution in [-0.4, -0.2) is 51.5 Å². The van der Waals surface area contributed by atoms with Crippen LogP contribution in [-0.2, 0) is 25.7 Å². The van der Waals surface area contributed by atoms with Crippen molar-refractivity contribution >= 4 is 27.5 Å². The molecular weight excluding hydrogens is 457 g/mol. The number of nitrogens with one attached hydrogen (secondary N) is 1. The quantitative estimate of drug-likeness (QED) is 0.536.